The van der Waals surface area contributed by atoms with Gasteiger partial charge in [-0.3, -0.25) is 14.5 Å². The number of hydrogen-bond acceptors (Lipinski definition) is 4. The van der Waals surface area contributed by atoms with Crippen molar-refractivity contribution >= 4 is 5.91 Å². The summed E-state index contributed by atoms with van der Waals surface area (Å²) in [4.78, 5) is 31.2. The van der Waals surface area contributed by atoms with E-state index in [1.54, 1.807) is 6.92 Å². The summed E-state index contributed by atoms with van der Waals surface area (Å²) in [6, 6.07) is 4.82. The van der Waals surface area contributed by atoms with Gasteiger partial charge in [0.2, 0.25) is 5.91 Å². The first-order valence-corrected chi connectivity index (χ1v) is 10.3. The van der Waals surface area contributed by atoms with E-state index in [4.69, 9.17) is 0 Å². The van der Waals surface area contributed by atoms with E-state index in [1.165, 1.54) is 12.1 Å². The second-order valence-electron chi connectivity index (χ2n) is 8.93. The Morgan fingerprint density at radius 2 is 1.89 bits per heavy atom. The Labute approximate surface area is 161 Å². The van der Waals surface area contributed by atoms with Crippen molar-refractivity contribution in [2.75, 3.05) is 40.3 Å². The van der Waals surface area contributed by atoms with Crippen molar-refractivity contribution in [3.8, 4) is 0 Å². The molecule has 1 aromatic rings. The van der Waals surface area contributed by atoms with Gasteiger partial charge in [-0.2, -0.15) is 0 Å². The summed E-state index contributed by atoms with van der Waals surface area (Å²) in [5.41, 5.74) is 2.33. The van der Waals surface area contributed by atoms with Gasteiger partial charge in [0.25, 0.3) is 5.56 Å². The normalized spacial score (nSPS) is 26.3. The molecule has 0 spiro atoms. The molecule has 4 rings (SSSR count). The molecule has 2 atom stereocenters. The van der Waals surface area contributed by atoms with Crippen molar-refractivity contribution in [3.63, 3.8) is 0 Å². The van der Waals surface area contributed by atoms with Crippen LogP contribution < -0.4 is 5.56 Å². The zero-order chi connectivity index (χ0) is 19.1. The van der Waals surface area contributed by atoms with Crippen LogP contribution in [0.25, 0.3) is 0 Å². The van der Waals surface area contributed by atoms with Gasteiger partial charge in [0.1, 0.15) is 0 Å². The van der Waals surface area contributed by atoms with Gasteiger partial charge < -0.3 is 14.4 Å². The molecule has 1 aromatic heterocycles. The van der Waals surface area contributed by atoms with Gasteiger partial charge in [0.05, 0.1) is 0 Å². The number of rotatable bonds is 3. The summed E-state index contributed by atoms with van der Waals surface area (Å²) in [5.74, 6) is 1.23. The number of carbonyl (C=O) groups is 1. The van der Waals surface area contributed by atoms with E-state index in [9.17, 15) is 9.59 Å². The smallest absolute Gasteiger partial charge is 0.255 e. The molecule has 0 unspecified atom stereocenters. The molecule has 0 saturated carbocycles. The number of nitrogens with zero attached hydrogens (tertiary/aromatic N) is 4. The minimum Gasteiger partial charge on any atom is -0.343 e. The SMILES string of the molecule is CC(=O)N1CCC(N2C[C@@H]3C[C@H](C2)c2ccc(CN(C)C)c(=O)n2C3)CC1. The maximum absolute atomic E-state index is 12.9. The van der Waals surface area contributed by atoms with Crippen molar-refractivity contribution in [2.45, 2.75) is 51.2 Å². The van der Waals surface area contributed by atoms with Gasteiger partial charge in [0, 0.05) is 69.4 Å². The number of pyridine rings is 1. The maximum Gasteiger partial charge on any atom is 0.255 e. The summed E-state index contributed by atoms with van der Waals surface area (Å²) < 4.78 is 2.06. The highest BCUT2D eigenvalue weighted by molar-refractivity contribution is 5.73. The minimum atomic E-state index is 0.200. The van der Waals surface area contributed by atoms with Crippen molar-refractivity contribution in [3.05, 3.63) is 33.7 Å². The van der Waals surface area contributed by atoms with Crippen LogP contribution in [0.5, 0.6) is 0 Å². The zero-order valence-corrected chi connectivity index (χ0v) is 16.9. The van der Waals surface area contributed by atoms with Gasteiger partial charge in [0.15, 0.2) is 0 Å². The third-order valence-electron chi connectivity index (χ3n) is 6.62. The highest BCUT2D eigenvalue weighted by Crippen LogP contribution is 2.37. The largest absolute Gasteiger partial charge is 0.343 e. The Morgan fingerprint density at radius 1 is 1.15 bits per heavy atom. The van der Waals surface area contributed by atoms with Gasteiger partial charge in [-0.15, -0.1) is 0 Å². The molecule has 4 heterocycles. The van der Waals surface area contributed by atoms with E-state index in [-0.39, 0.29) is 11.5 Å². The van der Waals surface area contributed by atoms with Crippen LogP contribution in [0.15, 0.2) is 16.9 Å². The van der Waals surface area contributed by atoms with Gasteiger partial charge in [-0.1, -0.05) is 6.07 Å². The number of piperidine rings is 2. The van der Waals surface area contributed by atoms with Crippen LogP contribution in [0.1, 0.15) is 43.4 Å². The maximum atomic E-state index is 12.9. The van der Waals surface area contributed by atoms with Crippen LogP contribution in [-0.2, 0) is 17.9 Å². The Hall–Kier alpha value is -1.66. The molecule has 0 N–H and O–H groups in total. The number of aromatic nitrogens is 1. The Balaban J connectivity index is 1.50. The lowest BCUT2D eigenvalue weighted by molar-refractivity contribution is -0.130. The lowest BCUT2D eigenvalue weighted by atomic mass is 9.81. The van der Waals surface area contributed by atoms with Crippen LogP contribution in [0.4, 0.5) is 0 Å². The van der Waals surface area contributed by atoms with Crippen molar-refractivity contribution < 1.29 is 4.79 Å². The van der Waals surface area contributed by atoms with Gasteiger partial charge in [-0.25, -0.2) is 0 Å². The van der Waals surface area contributed by atoms with Crippen LogP contribution in [-0.4, -0.2) is 71.5 Å². The van der Waals surface area contributed by atoms with E-state index < -0.39 is 0 Å². The number of carbonyl (C=O) groups excluding carboxylic acids is 1. The molecule has 0 aliphatic carbocycles. The lowest BCUT2D eigenvalue weighted by Crippen LogP contribution is -2.53. The molecule has 3 aliphatic rings. The number of amides is 1. The summed E-state index contributed by atoms with van der Waals surface area (Å²) in [6.07, 6.45) is 3.36. The summed E-state index contributed by atoms with van der Waals surface area (Å²) in [7, 11) is 4.02. The van der Waals surface area contributed by atoms with E-state index in [1.807, 2.05) is 25.1 Å². The Morgan fingerprint density at radius 3 is 2.56 bits per heavy atom. The molecule has 6 nitrogen and oxygen atoms in total. The minimum absolute atomic E-state index is 0.200. The number of likely N-dealkylation sites (tertiary alicyclic amines) is 2. The van der Waals surface area contributed by atoms with E-state index >= 15 is 0 Å². The van der Waals surface area contributed by atoms with Crippen molar-refractivity contribution in [1.82, 2.24) is 19.3 Å². The van der Waals surface area contributed by atoms with E-state index in [0.29, 0.717) is 24.4 Å². The summed E-state index contributed by atoms with van der Waals surface area (Å²) in [5, 5.41) is 0. The van der Waals surface area contributed by atoms with Crippen LogP contribution >= 0.6 is 0 Å². The van der Waals surface area contributed by atoms with Crippen LogP contribution in [0.3, 0.4) is 0 Å². The quantitative estimate of drug-likeness (QED) is 0.803. The predicted octanol–water partition coefficient (Wildman–Crippen LogP) is 1.34. The molecule has 148 valence electrons. The lowest BCUT2D eigenvalue weighted by Gasteiger charge is -2.47. The molecular weight excluding hydrogens is 340 g/mol. The average molecular weight is 373 g/mol. The third-order valence-corrected chi connectivity index (χ3v) is 6.62. The average Bonchev–Trinajstić information content (AvgIpc) is 2.64. The fourth-order valence-electron chi connectivity index (χ4n) is 5.33. The summed E-state index contributed by atoms with van der Waals surface area (Å²) in [6.45, 7) is 7.14. The molecule has 2 saturated heterocycles. The molecule has 3 aliphatic heterocycles. The molecular formula is C21H32N4O2. The Kier molecular flexibility index (Phi) is 5.12. The van der Waals surface area contributed by atoms with E-state index in [0.717, 1.165) is 51.1 Å². The van der Waals surface area contributed by atoms with Gasteiger partial charge >= 0.3 is 0 Å². The van der Waals surface area contributed by atoms with Crippen molar-refractivity contribution in [1.29, 1.82) is 0 Å². The van der Waals surface area contributed by atoms with Crippen LogP contribution in [0, 0.1) is 5.92 Å². The molecule has 1 amide bonds. The first-order chi connectivity index (χ1) is 12.9. The number of fused-ring (bicyclic) bond motifs is 4. The predicted molar refractivity (Wildman–Crippen MR) is 106 cm³/mol. The van der Waals surface area contributed by atoms with Crippen molar-refractivity contribution in [2.24, 2.45) is 5.92 Å². The third kappa shape index (κ3) is 3.69. The van der Waals surface area contributed by atoms with Gasteiger partial charge in [-0.05, 0) is 45.3 Å². The van der Waals surface area contributed by atoms with E-state index in [2.05, 4.69) is 20.4 Å². The second kappa shape index (κ2) is 7.40. The second-order valence-corrected chi connectivity index (χ2v) is 8.93. The topological polar surface area (TPSA) is 48.8 Å². The number of hydrogen-bond donors (Lipinski definition) is 0. The molecule has 0 aromatic carbocycles. The first kappa shape index (κ1) is 18.7. The molecule has 27 heavy (non-hydrogen) atoms. The fraction of sp³-hybridized carbons (Fsp3) is 0.714. The standard InChI is InChI=1S/C21H32N4O2/c1-15(26)23-8-6-19(7-9-23)24-11-16-10-18(14-24)20-5-4-17(13-22(2)3)21(27)25(20)12-16/h4-5,16,18-19H,6-14H2,1-3H3/t16-,18+/m0/s1. The zero-order valence-electron chi connectivity index (χ0n) is 16.9. The molecule has 2 fully saturated rings. The first-order valence-electron chi connectivity index (χ1n) is 10.3. The highest BCUT2D eigenvalue weighted by atomic mass is 16.2. The molecule has 6 heteroatoms. The molecule has 2 bridgehead atoms. The monoisotopic (exact) mass is 372 g/mol. The van der Waals surface area contributed by atoms with Crippen LogP contribution in [0.2, 0.25) is 0 Å². The fourth-order valence-corrected chi connectivity index (χ4v) is 5.33. The summed E-state index contributed by atoms with van der Waals surface area (Å²) >= 11 is 0. The molecule has 0 radical (unpaired) electrons. The Bertz CT molecular complexity index is 764. The highest BCUT2D eigenvalue weighted by Gasteiger charge is 2.38.